The zero-order valence-corrected chi connectivity index (χ0v) is 12.6. The number of amides is 1. The molecule has 1 N–H and O–H groups in total. The third kappa shape index (κ3) is 2.14. The van der Waals surface area contributed by atoms with E-state index in [0.717, 1.165) is 9.35 Å². The van der Waals surface area contributed by atoms with Crippen molar-refractivity contribution in [3.63, 3.8) is 0 Å². The summed E-state index contributed by atoms with van der Waals surface area (Å²) in [7, 11) is 0. The third-order valence-corrected chi connectivity index (χ3v) is 4.80. The first-order valence-electron chi connectivity index (χ1n) is 5.96. The Kier molecular flexibility index (Phi) is 3.35. The Hall–Kier alpha value is -1.66. The second kappa shape index (κ2) is 5.03. The summed E-state index contributed by atoms with van der Waals surface area (Å²) >= 11 is 4.72. The van der Waals surface area contributed by atoms with Gasteiger partial charge in [-0.2, -0.15) is 0 Å². The van der Waals surface area contributed by atoms with Gasteiger partial charge in [0.1, 0.15) is 6.04 Å². The van der Waals surface area contributed by atoms with E-state index in [-0.39, 0.29) is 5.91 Å². The normalized spacial score (nSPS) is 17.1. The lowest BCUT2D eigenvalue weighted by Crippen LogP contribution is -2.42. The first kappa shape index (κ1) is 13.3. The maximum Gasteiger partial charge on any atom is 0.327 e. The molecule has 1 aromatic carbocycles. The highest BCUT2D eigenvalue weighted by molar-refractivity contribution is 9.11. The monoisotopic (exact) mass is 351 g/mol. The van der Waals surface area contributed by atoms with E-state index in [0.29, 0.717) is 17.7 Å². The van der Waals surface area contributed by atoms with Crippen molar-refractivity contribution in [2.24, 2.45) is 0 Å². The Balaban J connectivity index is 2.04. The summed E-state index contributed by atoms with van der Waals surface area (Å²) in [5, 5.41) is 11.1. The summed E-state index contributed by atoms with van der Waals surface area (Å²) < 4.78 is 0.847. The molecule has 1 aliphatic heterocycles. The van der Waals surface area contributed by atoms with Crippen molar-refractivity contribution >= 4 is 44.8 Å². The number of para-hydroxylation sites is 1. The molecule has 0 bridgehead atoms. The van der Waals surface area contributed by atoms with Gasteiger partial charge in [0.05, 0.1) is 9.35 Å². The molecule has 0 spiro atoms. The molecule has 2 heterocycles. The third-order valence-electron chi connectivity index (χ3n) is 3.29. The largest absolute Gasteiger partial charge is 0.480 e. The van der Waals surface area contributed by atoms with Crippen LogP contribution in [0.25, 0.3) is 0 Å². The van der Waals surface area contributed by atoms with Crippen molar-refractivity contribution in [2.75, 3.05) is 4.90 Å². The lowest BCUT2D eigenvalue weighted by atomic mass is 10.1. The maximum absolute atomic E-state index is 12.6. The van der Waals surface area contributed by atoms with E-state index in [2.05, 4.69) is 15.9 Å². The second-order valence-corrected chi connectivity index (χ2v) is 6.79. The molecular weight excluding hydrogens is 342 g/mol. The molecule has 6 heteroatoms. The minimum Gasteiger partial charge on any atom is -0.480 e. The quantitative estimate of drug-likeness (QED) is 0.903. The topological polar surface area (TPSA) is 57.6 Å². The molecule has 0 fully saturated rings. The summed E-state index contributed by atoms with van der Waals surface area (Å²) in [5.41, 5.74) is 2.08. The minimum absolute atomic E-state index is 0.274. The Morgan fingerprint density at radius 1 is 1.35 bits per heavy atom. The highest BCUT2D eigenvalue weighted by atomic mass is 79.9. The number of rotatable bonds is 2. The molecule has 0 saturated carbocycles. The smallest absolute Gasteiger partial charge is 0.327 e. The number of aliphatic carboxylic acids is 1. The van der Waals surface area contributed by atoms with E-state index < -0.39 is 12.0 Å². The molecule has 3 rings (SSSR count). The molecule has 4 nitrogen and oxygen atoms in total. The standard InChI is InChI=1S/C14H10BrNO3S/c15-12-6-9(7-20-12)13(17)16-10-4-2-1-3-8(10)5-11(16)14(18)19/h1-4,6-7,11H,5H2,(H,18,19). The minimum atomic E-state index is -0.983. The van der Waals surface area contributed by atoms with Gasteiger partial charge in [0.2, 0.25) is 0 Å². The van der Waals surface area contributed by atoms with Gasteiger partial charge in [0, 0.05) is 17.5 Å². The second-order valence-electron chi connectivity index (χ2n) is 4.50. The molecule has 20 heavy (non-hydrogen) atoms. The lowest BCUT2D eigenvalue weighted by Gasteiger charge is -2.22. The van der Waals surface area contributed by atoms with Gasteiger partial charge in [-0.15, -0.1) is 11.3 Å². The lowest BCUT2D eigenvalue weighted by molar-refractivity contribution is -0.138. The number of nitrogens with zero attached hydrogens (tertiary/aromatic N) is 1. The van der Waals surface area contributed by atoms with Crippen molar-refractivity contribution in [3.8, 4) is 0 Å². The average molecular weight is 352 g/mol. The zero-order chi connectivity index (χ0) is 14.3. The molecule has 102 valence electrons. The number of carbonyl (C=O) groups excluding carboxylic acids is 1. The van der Waals surface area contributed by atoms with Gasteiger partial charge in [-0.05, 0) is 33.6 Å². The molecule has 0 saturated heterocycles. The Labute approximate surface area is 127 Å². The van der Waals surface area contributed by atoms with E-state index in [1.54, 1.807) is 17.5 Å². The van der Waals surface area contributed by atoms with Crippen molar-refractivity contribution < 1.29 is 14.7 Å². The Morgan fingerprint density at radius 2 is 2.10 bits per heavy atom. The van der Waals surface area contributed by atoms with Crippen LogP contribution in [0.4, 0.5) is 5.69 Å². The molecular formula is C14H10BrNO3S. The van der Waals surface area contributed by atoms with Crippen molar-refractivity contribution in [1.82, 2.24) is 0 Å². The van der Waals surface area contributed by atoms with Gasteiger partial charge in [-0.3, -0.25) is 9.69 Å². The number of halogens is 1. The van der Waals surface area contributed by atoms with Crippen LogP contribution in [0.1, 0.15) is 15.9 Å². The molecule has 1 atom stereocenters. The van der Waals surface area contributed by atoms with Gasteiger partial charge in [0.15, 0.2) is 0 Å². The van der Waals surface area contributed by atoms with Gasteiger partial charge in [-0.1, -0.05) is 18.2 Å². The van der Waals surface area contributed by atoms with Crippen LogP contribution in [-0.2, 0) is 11.2 Å². The van der Waals surface area contributed by atoms with Crippen LogP contribution in [0, 0.1) is 0 Å². The van der Waals surface area contributed by atoms with Crippen molar-refractivity contribution in [3.05, 3.63) is 50.6 Å². The molecule has 1 aliphatic rings. The fourth-order valence-corrected chi connectivity index (χ4v) is 3.53. The summed E-state index contributed by atoms with van der Waals surface area (Å²) in [6.07, 6.45) is 0.350. The number of carbonyl (C=O) groups is 2. The van der Waals surface area contributed by atoms with Crippen LogP contribution in [0.3, 0.4) is 0 Å². The van der Waals surface area contributed by atoms with E-state index in [4.69, 9.17) is 0 Å². The molecule has 0 aliphatic carbocycles. The number of carboxylic acids is 1. The molecule has 1 amide bonds. The van der Waals surface area contributed by atoms with Gasteiger partial charge >= 0.3 is 5.97 Å². The van der Waals surface area contributed by atoms with E-state index in [9.17, 15) is 14.7 Å². The SMILES string of the molecule is O=C(O)C1Cc2ccccc2N1C(=O)c1csc(Br)c1. The van der Waals surface area contributed by atoms with Crippen LogP contribution >= 0.6 is 27.3 Å². The Bertz CT molecular complexity index is 697. The fraction of sp³-hybridized carbons (Fsp3) is 0.143. The van der Waals surface area contributed by atoms with Gasteiger partial charge < -0.3 is 5.11 Å². The van der Waals surface area contributed by atoms with E-state index >= 15 is 0 Å². The van der Waals surface area contributed by atoms with Crippen LogP contribution in [0.2, 0.25) is 0 Å². The number of benzene rings is 1. The number of hydrogen-bond acceptors (Lipinski definition) is 3. The summed E-state index contributed by atoms with van der Waals surface area (Å²) in [5.74, 6) is -1.26. The fourth-order valence-electron chi connectivity index (χ4n) is 2.40. The van der Waals surface area contributed by atoms with Crippen LogP contribution < -0.4 is 4.90 Å². The number of thiophene rings is 1. The summed E-state index contributed by atoms with van der Waals surface area (Å²) in [6.45, 7) is 0. The number of carboxylic acid groups (broad SMARTS) is 1. The highest BCUT2D eigenvalue weighted by Crippen LogP contribution is 2.34. The first-order chi connectivity index (χ1) is 9.58. The Morgan fingerprint density at radius 3 is 2.75 bits per heavy atom. The van der Waals surface area contributed by atoms with Crippen molar-refractivity contribution in [1.29, 1.82) is 0 Å². The van der Waals surface area contributed by atoms with Gasteiger partial charge in [0.25, 0.3) is 5.91 Å². The predicted octanol–water partition coefficient (Wildman–Crippen LogP) is 3.17. The van der Waals surface area contributed by atoms with Gasteiger partial charge in [-0.25, -0.2) is 4.79 Å². The number of fused-ring (bicyclic) bond motifs is 1. The average Bonchev–Trinajstić information content (AvgIpc) is 3.01. The van der Waals surface area contributed by atoms with Crippen LogP contribution in [0.5, 0.6) is 0 Å². The molecule has 1 unspecified atom stereocenters. The number of hydrogen-bond donors (Lipinski definition) is 1. The van der Waals surface area contributed by atoms with Crippen LogP contribution in [-0.4, -0.2) is 23.0 Å². The highest BCUT2D eigenvalue weighted by Gasteiger charge is 2.38. The maximum atomic E-state index is 12.6. The summed E-state index contributed by atoms with van der Waals surface area (Å²) in [6, 6.07) is 8.20. The van der Waals surface area contributed by atoms with Crippen molar-refractivity contribution in [2.45, 2.75) is 12.5 Å². The summed E-state index contributed by atoms with van der Waals surface area (Å²) in [4.78, 5) is 25.4. The molecule has 2 aromatic rings. The predicted molar refractivity (Wildman–Crippen MR) is 80.4 cm³/mol. The molecule has 1 aromatic heterocycles. The first-order valence-corrected chi connectivity index (χ1v) is 7.63. The van der Waals surface area contributed by atoms with E-state index in [1.165, 1.54) is 16.2 Å². The molecule has 0 radical (unpaired) electrons. The number of anilines is 1. The zero-order valence-electron chi connectivity index (χ0n) is 10.2. The van der Waals surface area contributed by atoms with Crippen LogP contribution in [0.15, 0.2) is 39.5 Å². The van der Waals surface area contributed by atoms with E-state index in [1.807, 2.05) is 18.2 Å².